The van der Waals surface area contributed by atoms with Gasteiger partial charge in [0.15, 0.2) is 35.8 Å². The van der Waals surface area contributed by atoms with Crippen molar-refractivity contribution in [3.05, 3.63) is 76.5 Å². The molecule has 24 nitrogen and oxygen atoms in total. The van der Waals surface area contributed by atoms with E-state index in [1.807, 2.05) is 0 Å². The molecule has 3 saturated heterocycles. The highest BCUT2D eigenvalue weighted by Crippen LogP contribution is 2.40. The minimum absolute atomic E-state index is 0.0233. The van der Waals surface area contributed by atoms with Crippen molar-refractivity contribution in [1.29, 1.82) is 0 Å². The fraction of sp³-hybridized carbons (Fsp3) is 0.429. The van der Waals surface area contributed by atoms with Crippen LogP contribution in [0.1, 0.15) is 5.56 Å². The molecule has 0 spiro atoms. The first-order valence-corrected chi connectivity index (χ1v) is 20.0. The van der Waals surface area contributed by atoms with E-state index in [0.29, 0.717) is 0 Å². The van der Waals surface area contributed by atoms with Crippen LogP contribution in [0, 0.1) is 0 Å². The number of fused-ring (bicyclic) bond motifs is 1. The molecule has 1 aromatic heterocycles. The van der Waals surface area contributed by atoms with Gasteiger partial charge in [0.25, 0.3) is 0 Å². The van der Waals surface area contributed by atoms with Gasteiger partial charge in [-0.1, -0.05) is 6.07 Å². The molecular formula is C42H46O24. The molecule has 358 valence electrons. The Morgan fingerprint density at radius 2 is 1.20 bits per heavy atom. The van der Waals surface area contributed by atoms with Gasteiger partial charge >= 0.3 is 5.97 Å². The van der Waals surface area contributed by atoms with Gasteiger partial charge in [-0.05, 0) is 48.0 Å². The van der Waals surface area contributed by atoms with Crippen LogP contribution < -0.4 is 14.9 Å². The number of carbonyl (C=O) groups excluding carboxylic acids is 1. The van der Waals surface area contributed by atoms with E-state index in [1.165, 1.54) is 30.3 Å². The van der Waals surface area contributed by atoms with Crippen molar-refractivity contribution < 1.29 is 114 Å². The zero-order valence-corrected chi connectivity index (χ0v) is 34.0. The SMILES string of the molecule is O=C(/C=C/c1ccc(O)c(O)c1)OC1C(O)[C@H](O)C(CO)O[C@H]1OC1[C@H](Oc2c(-c3ccc(O)cc3)oc3cc(O[C@@H]4O[C@@H](CO)[C@@H](O)C(O)C4O)cc(O)c3c2=O)OC(CO)[C@@H](O)[C@@H]1O. The fourth-order valence-corrected chi connectivity index (χ4v) is 7.37. The molecule has 3 aliphatic heterocycles. The molecule has 24 heteroatoms. The smallest absolute Gasteiger partial charge is 0.331 e. The zero-order chi connectivity index (χ0) is 47.7. The number of aliphatic hydroxyl groups is 10. The minimum atomic E-state index is -2.13. The van der Waals surface area contributed by atoms with Crippen molar-refractivity contribution >= 4 is 23.0 Å². The molecule has 0 radical (unpaired) electrons. The average Bonchev–Trinajstić information content (AvgIpc) is 3.29. The van der Waals surface area contributed by atoms with E-state index < -0.39 is 163 Å². The number of phenolic OH excluding ortho intramolecular Hbond substituents is 4. The Hall–Kier alpha value is -5.68. The van der Waals surface area contributed by atoms with E-state index >= 15 is 0 Å². The minimum Gasteiger partial charge on any atom is -0.508 e. The Morgan fingerprint density at radius 1 is 0.606 bits per heavy atom. The summed E-state index contributed by atoms with van der Waals surface area (Å²) in [6, 6.07) is 10.5. The molecule has 3 fully saturated rings. The number of carbonyl (C=O) groups is 1. The summed E-state index contributed by atoms with van der Waals surface area (Å²) in [6.07, 6.45) is -26.0. The van der Waals surface area contributed by atoms with E-state index in [9.17, 15) is 81.1 Å². The molecular weight excluding hydrogens is 888 g/mol. The lowest BCUT2D eigenvalue weighted by Crippen LogP contribution is -2.65. The number of rotatable bonds is 13. The van der Waals surface area contributed by atoms with Crippen LogP contribution in [0.15, 0.2) is 69.9 Å². The average molecular weight is 935 g/mol. The monoisotopic (exact) mass is 934 g/mol. The highest BCUT2D eigenvalue weighted by molar-refractivity contribution is 5.89. The van der Waals surface area contributed by atoms with E-state index in [4.69, 9.17) is 37.6 Å². The van der Waals surface area contributed by atoms with E-state index in [-0.39, 0.29) is 22.6 Å². The number of benzene rings is 3. The Kier molecular flexibility index (Phi) is 14.7. The number of aliphatic hydroxyl groups excluding tert-OH is 10. The Labute approximate surface area is 370 Å². The van der Waals surface area contributed by atoms with E-state index in [1.54, 1.807) is 0 Å². The Bertz CT molecular complexity index is 2420. The summed E-state index contributed by atoms with van der Waals surface area (Å²) in [5.41, 5.74) is -1.32. The van der Waals surface area contributed by atoms with Gasteiger partial charge in [-0.25, -0.2) is 4.79 Å². The third kappa shape index (κ3) is 9.73. The van der Waals surface area contributed by atoms with Crippen LogP contribution in [0.3, 0.4) is 0 Å². The van der Waals surface area contributed by atoms with Crippen molar-refractivity contribution in [1.82, 2.24) is 0 Å². The van der Waals surface area contributed by atoms with Crippen LogP contribution in [0.5, 0.6) is 34.5 Å². The second kappa shape index (κ2) is 20.0. The second-order valence-corrected chi connectivity index (χ2v) is 15.4. The largest absolute Gasteiger partial charge is 0.508 e. The number of hydrogen-bond acceptors (Lipinski definition) is 24. The van der Waals surface area contributed by atoms with Gasteiger partial charge in [0.05, 0.1) is 19.8 Å². The number of hydrogen-bond donors (Lipinski definition) is 14. The molecule has 4 heterocycles. The molecule has 0 aliphatic carbocycles. The fourth-order valence-electron chi connectivity index (χ4n) is 7.37. The van der Waals surface area contributed by atoms with Crippen LogP contribution in [0.2, 0.25) is 0 Å². The number of phenols is 4. The molecule has 7 rings (SSSR count). The summed E-state index contributed by atoms with van der Waals surface area (Å²) in [7, 11) is 0. The van der Waals surface area contributed by atoms with Crippen LogP contribution in [0.25, 0.3) is 28.4 Å². The first kappa shape index (κ1) is 48.3. The molecule has 3 aromatic carbocycles. The van der Waals surface area contributed by atoms with Gasteiger partial charge in [0.1, 0.15) is 89.3 Å². The normalized spacial score (nSPS) is 32.6. The third-order valence-electron chi connectivity index (χ3n) is 11.0. The summed E-state index contributed by atoms with van der Waals surface area (Å²) in [5, 5.41) is 145. The summed E-state index contributed by atoms with van der Waals surface area (Å²) < 4.78 is 45.9. The van der Waals surface area contributed by atoms with Gasteiger partial charge in [-0.3, -0.25) is 4.79 Å². The molecule has 4 aromatic rings. The zero-order valence-electron chi connectivity index (χ0n) is 34.0. The first-order chi connectivity index (χ1) is 31.4. The lowest BCUT2D eigenvalue weighted by molar-refractivity contribution is -0.358. The molecule has 14 N–H and O–H groups in total. The van der Waals surface area contributed by atoms with Crippen LogP contribution >= 0.6 is 0 Å². The van der Waals surface area contributed by atoms with Gasteiger partial charge in [-0.15, -0.1) is 0 Å². The highest BCUT2D eigenvalue weighted by atomic mass is 16.8. The predicted octanol–water partition coefficient (Wildman–Crippen LogP) is -3.27. The molecule has 7 unspecified atom stereocenters. The van der Waals surface area contributed by atoms with Crippen molar-refractivity contribution in [2.24, 2.45) is 0 Å². The maximum absolute atomic E-state index is 14.5. The summed E-state index contributed by atoms with van der Waals surface area (Å²) in [4.78, 5) is 27.5. The van der Waals surface area contributed by atoms with Crippen molar-refractivity contribution in [3.8, 4) is 45.8 Å². The quantitative estimate of drug-likeness (QED) is 0.0355. The number of esters is 1. The summed E-state index contributed by atoms with van der Waals surface area (Å²) in [6.45, 7) is -2.67. The van der Waals surface area contributed by atoms with Crippen LogP contribution in [0.4, 0.5) is 0 Å². The maximum Gasteiger partial charge on any atom is 0.331 e. The van der Waals surface area contributed by atoms with E-state index in [0.717, 1.165) is 36.4 Å². The lowest BCUT2D eigenvalue weighted by atomic mass is 9.97. The molecule has 0 bridgehead atoms. The van der Waals surface area contributed by atoms with E-state index in [2.05, 4.69) is 0 Å². The summed E-state index contributed by atoms with van der Waals surface area (Å²) in [5.74, 6) is -4.76. The van der Waals surface area contributed by atoms with Crippen molar-refractivity contribution in [2.75, 3.05) is 19.8 Å². The molecule has 3 aliphatic rings. The molecule has 0 saturated carbocycles. The topological polar surface area (TPSA) is 395 Å². The number of aromatic hydroxyl groups is 4. The maximum atomic E-state index is 14.5. The van der Waals surface area contributed by atoms with Gasteiger partial charge in [0, 0.05) is 23.8 Å². The second-order valence-electron chi connectivity index (χ2n) is 15.4. The Morgan fingerprint density at radius 3 is 1.82 bits per heavy atom. The summed E-state index contributed by atoms with van der Waals surface area (Å²) >= 11 is 0. The highest BCUT2D eigenvalue weighted by Gasteiger charge is 2.53. The van der Waals surface area contributed by atoms with Gasteiger partial charge < -0.3 is 109 Å². The molecule has 66 heavy (non-hydrogen) atoms. The molecule has 15 atom stereocenters. The van der Waals surface area contributed by atoms with Gasteiger partial charge in [-0.2, -0.15) is 0 Å². The van der Waals surface area contributed by atoms with Crippen LogP contribution in [-0.4, -0.2) is 189 Å². The standard InChI is InChI=1S/C42H46O24/c43-12-23-28(51)32(55)35(58)40(61-23)59-18-10-21(49)27-22(11-18)60-36(16-3-5-17(46)6-4-16)37(31(27)54)65-42-39(34(57)30(53)25(14-45)63-42)66-41-38(33(56)29(52)24(13-44)62-41)64-26(50)8-2-15-1-7-19(47)20(48)9-15/h1-11,23-25,28-30,32-35,38-49,51-53,55-58H,12-14H2/b8-2+/t23-,24?,25?,28+,29+,30+,32?,33?,34-,35?,38?,39?,40+,41-,42-/m0/s1. The predicted molar refractivity (Wildman–Crippen MR) is 215 cm³/mol. The first-order valence-electron chi connectivity index (χ1n) is 20.0. The van der Waals surface area contributed by atoms with Crippen molar-refractivity contribution in [2.45, 2.75) is 92.1 Å². The van der Waals surface area contributed by atoms with Crippen molar-refractivity contribution in [3.63, 3.8) is 0 Å². The van der Waals surface area contributed by atoms with Crippen LogP contribution in [-0.2, 0) is 28.5 Å². The molecule has 0 amide bonds. The lowest BCUT2D eigenvalue weighted by Gasteiger charge is -2.46. The number of ether oxygens (including phenoxy) is 7. The Balaban J connectivity index is 1.25. The van der Waals surface area contributed by atoms with Gasteiger partial charge in [0.2, 0.25) is 23.8 Å². The third-order valence-corrected chi connectivity index (χ3v) is 11.0.